The first kappa shape index (κ1) is 11.6. The van der Waals surface area contributed by atoms with Gasteiger partial charge >= 0.3 is 6.18 Å². The van der Waals surface area contributed by atoms with E-state index < -0.39 is 17.3 Å². The number of nitrogens with zero attached hydrogens (tertiary/aromatic N) is 1. The summed E-state index contributed by atoms with van der Waals surface area (Å²) < 4.78 is 37.3. The molecular formula is C9H8ClF3N2O. The molecule has 2 heterocycles. The number of hydrogen-bond acceptors (Lipinski definition) is 3. The number of pyridine rings is 1. The molecule has 3 nitrogen and oxygen atoms in total. The van der Waals surface area contributed by atoms with Crippen molar-refractivity contribution in [3.63, 3.8) is 0 Å². The second-order valence-electron chi connectivity index (χ2n) is 3.70. The molecule has 2 rings (SSSR count). The number of aliphatic hydroxyl groups is 1. The molecule has 16 heavy (non-hydrogen) atoms. The van der Waals surface area contributed by atoms with Crippen molar-refractivity contribution in [2.75, 3.05) is 13.1 Å². The van der Waals surface area contributed by atoms with Crippen LogP contribution >= 0.6 is 11.6 Å². The Kier molecular flexibility index (Phi) is 2.60. The summed E-state index contributed by atoms with van der Waals surface area (Å²) in [6.07, 6.45) is -3.83. The van der Waals surface area contributed by atoms with Gasteiger partial charge in [0.15, 0.2) is 0 Å². The number of β-amino-alcohol motifs (C(OH)–C–C–N with tert-alkyl or cyclic N) is 1. The van der Waals surface area contributed by atoms with Crippen molar-refractivity contribution < 1.29 is 18.3 Å². The van der Waals surface area contributed by atoms with Gasteiger partial charge in [0.05, 0.1) is 5.56 Å². The molecule has 0 unspecified atom stereocenters. The first-order valence-corrected chi connectivity index (χ1v) is 4.87. The van der Waals surface area contributed by atoms with E-state index in [4.69, 9.17) is 11.6 Å². The second-order valence-corrected chi connectivity index (χ2v) is 4.05. The third-order valence-electron chi connectivity index (χ3n) is 2.50. The number of halogens is 4. The van der Waals surface area contributed by atoms with Crippen LogP contribution in [0, 0.1) is 0 Å². The standard InChI is InChI=1S/C9H8ClF3N2O/c10-7-6(8(16)3-14-4-8)1-5(2-15-7)9(11,12)13/h1-2,14,16H,3-4H2. The highest BCUT2D eigenvalue weighted by Gasteiger charge is 2.40. The molecule has 1 aromatic rings. The SMILES string of the molecule is OC1(c2cc(C(F)(F)F)cnc2Cl)CNC1. The monoisotopic (exact) mass is 252 g/mol. The van der Waals surface area contributed by atoms with Crippen LogP contribution in [0.3, 0.4) is 0 Å². The van der Waals surface area contributed by atoms with E-state index in [2.05, 4.69) is 10.3 Å². The van der Waals surface area contributed by atoms with E-state index in [9.17, 15) is 18.3 Å². The molecule has 0 aliphatic carbocycles. The average Bonchev–Trinajstić information content (AvgIpc) is 2.13. The molecule has 0 amide bonds. The summed E-state index contributed by atoms with van der Waals surface area (Å²) in [6, 6.07) is 0.843. The van der Waals surface area contributed by atoms with Crippen LogP contribution in [0.2, 0.25) is 5.15 Å². The zero-order chi connectivity index (χ0) is 12.0. The Morgan fingerprint density at radius 2 is 2.06 bits per heavy atom. The summed E-state index contributed by atoms with van der Waals surface area (Å²) in [7, 11) is 0. The molecule has 1 fully saturated rings. The van der Waals surface area contributed by atoms with Gasteiger partial charge in [-0.1, -0.05) is 11.6 Å². The lowest BCUT2D eigenvalue weighted by atomic mass is 9.88. The van der Waals surface area contributed by atoms with Gasteiger partial charge in [-0.15, -0.1) is 0 Å². The fraction of sp³-hybridized carbons (Fsp3) is 0.444. The summed E-state index contributed by atoms with van der Waals surface area (Å²) in [5, 5.41) is 12.6. The highest BCUT2D eigenvalue weighted by Crippen LogP contribution is 2.35. The molecule has 1 saturated heterocycles. The van der Waals surface area contributed by atoms with Gasteiger partial charge in [0.2, 0.25) is 0 Å². The van der Waals surface area contributed by atoms with Gasteiger partial charge < -0.3 is 10.4 Å². The summed E-state index contributed by atoms with van der Waals surface area (Å²) in [5.74, 6) is 0. The van der Waals surface area contributed by atoms with Gasteiger partial charge in [-0.05, 0) is 6.07 Å². The van der Waals surface area contributed by atoms with Crippen LogP contribution in [0.25, 0.3) is 0 Å². The van der Waals surface area contributed by atoms with Gasteiger partial charge in [-0.25, -0.2) is 4.98 Å². The molecule has 0 aromatic carbocycles. The molecule has 1 aromatic heterocycles. The van der Waals surface area contributed by atoms with E-state index in [0.717, 1.165) is 6.07 Å². The molecule has 0 spiro atoms. The average molecular weight is 253 g/mol. The normalized spacial score (nSPS) is 19.3. The lowest BCUT2D eigenvalue weighted by molar-refractivity contribution is -0.138. The Morgan fingerprint density at radius 3 is 2.50 bits per heavy atom. The summed E-state index contributed by atoms with van der Waals surface area (Å²) in [4.78, 5) is 3.45. The molecule has 2 N–H and O–H groups in total. The van der Waals surface area contributed by atoms with Crippen LogP contribution in [0.15, 0.2) is 12.3 Å². The van der Waals surface area contributed by atoms with Crippen LogP contribution in [-0.4, -0.2) is 23.2 Å². The first-order valence-electron chi connectivity index (χ1n) is 4.49. The van der Waals surface area contributed by atoms with Crippen molar-refractivity contribution >= 4 is 11.6 Å². The number of rotatable bonds is 1. The molecule has 1 aliphatic heterocycles. The lowest BCUT2D eigenvalue weighted by Crippen LogP contribution is -2.57. The van der Waals surface area contributed by atoms with E-state index in [1.807, 2.05) is 0 Å². The minimum atomic E-state index is -4.49. The highest BCUT2D eigenvalue weighted by atomic mass is 35.5. The Labute approximate surface area is 94.2 Å². The van der Waals surface area contributed by atoms with Gasteiger partial charge in [-0.2, -0.15) is 13.2 Å². The number of alkyl halides is 3. The maximum atomic E-state index is 12.4. The Balaban J connectivity index is 2.45. The molecule has 88 valence electrons. The molecule has 0 radical (unpaired) electrons. The van der Waals surface area contributed by atoms with Gasteiger partial charge in [0.25, 0.3) is 0 Å². The van der Waals surface area contributed by atoms with E-state index in [1.165, 1.54) is 0 Å². The van der Waals surface area contributed by atoms with E-state index >= 15 is 0 Å². The summed E-state index contributed by atoms with van der Waals surface area (Å²) >= 11 is 5.68. The fourth-order valence-corrected chi connectivity index (χ4v) is 1.76. The van der Waals surface area contributed by atoms with Gasteiger partial charge in [-0.3, -0.25) is 0 Å². The van der Waals surface area contributed by atoms with Crippen LogP contribution < -0.4 is 5.32 Å². The van der Waals surface area contributed by atoms with Crippen molar-refractivity contribution in [1.29, 1.82) is 0 Å². The quantitative estimate of drug-likeness (QED) is 0.746. The largest absolute Gasteiger partial charge is 0.417 e. The molecular weight excluding hydrogens is 245 g/mol. The van der Waals surface area contributed by atoms with Crippen molar-refractivity contribution in [3.05, 3.63) is 28.5 Å². The third-order valence-corrected chi connectivity index (χ3v) is 2.80. The maximum Gasteiger partial charge on any atom is 0.417 e. The Bertz CT molecular complexity index is 418. The molecule has 0 atom stereocenters. The molecule has 7 heteroatoms. The number of hydrogen-bond donors (Lipinski definition) is 2. The highest BCUT2D eigenvalue weighted by molar-refractivity contribution is 6.30. The molecule has 1 aliphatic rings. The van der Waals surface area contributed by atoms with Crippen molar-refractivity contribution in [3.8, 4) is 0 Å². The Morgan fingerprint density at radius 1 is 1.44 bits per heavy atom. The van der Waals surface area contributed by atoms with Crippen LogP contribution in [0.4, 0.5) is 13.2 Å². The predicted octanol–water partition coefficient (Wildman–Crippen LogP) is 1.54. The van der Waals surface area contributed by atoms with Crippen LogP contribution in [-0.2, 0) is 11.8 Å². The minimum absolute atomic E-state index is 0.0164. The van der Waals surface area contributed by atoms with Crippen molar-refractivity contribution in [2.45, 2.75) is 11.8 Å². The zero-order valence-electron chi connectivity index (χ0n) is 7.98. The smallest absolute Gasteiger partial charge is 0.382 e. The fourth-order valence-electron chi connectivity index (χ4n) is 1.48. The number of aromatic nitrogens is 1. The predicted molar refractivity (Wildman–Crippen MR) is 51.0 cm³/mol. The zero-order valence-corrected chi connectivity index (χ0v) is 8.73. The van der Waals surface area contributed by atoms with E-state index in [1.54, 1.807) is 0 Å². The topological polar surface area (TPSA) is 45.2 Å². The molecule has 0 bridgehead atoms. The van der Waals surface area contributed by atoms with Crippen LogP contribution in [0.1, 0.15) is 11.1 Å². The van der Waals surface area contributed by atoms with E-state index in [0.29, 0.717) is 6.20 Å². The van der Waals surface area contributed by atoms with Gasteiger partial charge in [0, 0.05) is 24.8 Å². The van der Waals surface area contributed by atoms with Gasteiger partial charge in [0.1, 0.15) is 10.8 Å². The minimum Gasteiger partial charge on any atom is -0.382 e. The van der Waals surface area contributed by atoms with Crippen molar-refractivity contribution in [2.24, 2.45) is 0 Å². The maximum absolute atomic E-state index is 12.4. The van der Waals surface area contributed by atoms with Crippen molar-refractivity contribution in [1.82, 2.24) is 10.3 Å². The van der Waals surface area contributed by atoms with Crippen LogP contribution in [0.5, 0.6) is 0 Å². The summed E-state index contributed by atoms with van der Waals surface area (Å²) in [6.45, 7) is 0.353. The van der Waals surface area contributed by atoms with E-state index in [-0.39, 0.29) is 23.8 Å². The molecule has 0 saturated carbocycles. The second kappa shape index (κ2) is 3.58. The summed E-state index contributed by atoms with van der Waals surface area (Å²) in [5.41, 5.74) is -2.24. The lowest BCUT2D eigenvalue weighted by Gasteiger charge is -2.38. The third kappa shape index (κ3) is 1.88. The Hall–Kier alpha value is -0.850. The first-order chi connectivity index (χ1) is 7.33. The number of nitrogens with one attached hydrogen (secondary N) is 1.